The molecule has 5 N–H and O–H groups in total. The lowest BCUT2D eigenvalue weighted by Gasteiger charge is -2.34. The fraction of sp³-hybridized carbons (Fsp3) is 0.727. The fourth-order valence-electron chi connectivity index (χ4n) is 1.84. The molecule has 0 aromatic rings. The molecule has 2 atom stereocenters. The Labute approximate surface area is 115 Å². The highest BCUT2D eigenvalue weighted by atomic mass is 16.5. The fourth-order valence-corrected chi connectivity index (χ4v) is 1.84. The minimum absolute atomic E-state index is 0.0221. The predicted molar refractivity (Wildman–Crippen MR) is 66.8 cm³/mol. The van der Waals surface area contributed by atoms with Crippen molar-refractivity contribution >= 4 is 17.9 Å². The number of primary amides is 1. The van der Waals surface area contributed by atoms with E-state index in [1.807, 2.05) is 0 Å². The lowest BCUT2D eigenvalue weighted by atomic mass is 10.0. The minimum Gasteiger partial charge on any atom is -0.481 e. The van der Waals surface area contributed by atoms with Crippen LogP contribution in [0, 0.1) is 0 Å². The second kappa shape index (κ2) is 6.53. The third-order valence-electron chi connectivity index (χ3n) is 2.87. The quantitative estimate of drug-likeness (QED) is 0.466. The number of nitrogens with one attached hydrogen (secondary N) is 1. The van der Waals surface area contributed by atoms with Crippen molar-refractivity contribution in [2.24, 2.45) is 5.73 Å². The molecule has 3 amide bonds. The third kappa shape index (κ3) is 4.67. The van der Waals surface area contributed by atoms with Gasteiger partial charge in [-0.25, -0.2) is 4.79 Å². The average molecular weight is 289 g/mol. The number of carboxylic acids is 1. The van der Waals surface area contributed by atoms with Crippen LogP contribution in [0.1, 0.15) is 13.3 Å². The van der Waals surface area contributed by atoms with E-state index in [0.29, 0.717) is 0 Å². The van der Waals surface area contributed by atoms with Crippen LogP contribution in [0.3, 0.4) is 0 Å². The van der Waals surface area contributed by atoms with Crippen LogP contribution in [-0.2, 0) is 14.3 Å². The molecule has 1 rings (SSSR count). The monoisotopic (exact) mass is 289 g/mol. The molecule has 20 heavy (non-hydrogen) atoms. The van der Waals surface area contributed by atoms with Gasteiger partial charge in [0.25, 0.3) is 0 Å². The van der Waals surface area contributed by atoms with E-state index in [1.165, 1.54) is 11.8 Å². The Hall–Kier alpha value is -1.87. The molecule has 0 saturated carbocycles. The van der Waals surface area contributed by atoms with Gasteiger partial charge < -0.3 is 30.9 Å². The molecule has 9 nitrogen and oxygen atoms in total. The van der Waals surface area contributed by atoms with Crippen molar-refractivity contribution in [1.29, 1.82) is 0 Å². The highest BCUT2D eigenvalue weighted by molar-refractivity contribution is 5.86. The lowest BCUT2D eigenvalue weighted by Crippen LogP contribution is -2.58. The molecule has 9 heteroatoms. The lowest BCUT2D eigenvalue weighted by molar-refractivity contribution is -0.141. The molecule has 114 valence electrons. The molecule has 0 radical (unpaired) electrons. The maximum absolute atomic E-state index is 11.9. The summed E-state index contributed by atoms with van der Waals surface area (Å²) in [7, 11) is 0. The number of rotatable bonds is 5. The summed E-state index contributed by atoms with van der Waals surface area (Å²) in [6.45, 7) is 1.55. The zero-order valence-corrected chi connectivity index (χ0v) is 11.2. The van der Waals surface area contributed by atoms with Gasteiger partial charge in [-0.05, 0) is 6.92 Å². The van der Waals surface area contributed by atoms with Crippen molar-refractivity contribution in [2.45, 2.75) is 25.0 Å². The Morgan fingerprint density at radius 3 is 2.70 bits per heavy atom. The number of carbonyl (C=O) groups is 3. The second-order valence-electron chi connectivity index (χ2n) is 4.91. The maximum atomic E-state index is 11.9. The number of hydrogen-bond donors (Lipinski definition) is 4. The maximum Gasteiger partial charge on any atom is 0.318 e. The first-order chi connectivity index (χ1) is 9.23. The van der Waals surface area contributed by atoms with Crippen molar-refractivity contribution in [1.82, 2.24) is 10.2 Å². The van der Waals surface area contributed by atoms with E-state index in [-0.39, 0.29) is 26.3 Å². The van der Waals surface area contributed by atoms with Crippen molar-refractivity contribution in [3.05, 3.63) is 0 Å². The summed E-state index contributed by atoms with van der Waals surface area (Å²) >= 11 is 0. The average Bonchev–Trinajstić information content (AvgIpc) is 2.34. The molecule has 2 unspecified atom stereocenters. The molecular formula is C11H19N3O6. The minimum atomic E-state index is -1.57. The van der Waals surface area contributed by atoms with E-state index in [1.54, 1.807) is 0 Å². The molecule has 0 aromatic carbocycles. The van der Waals surface area contributed by atoms with Crippen LogP contribution in [0.2, 0.25) is 0 Å². The zero-order chi connectivity index (χ0) is 15.3. The van der Waals surface area contributed by atoms with Crippen molar-refractivity contribution in [3.63, 3.8) is 0 Å². The topological polar surface area (TPSA) is 142 Å². The Bertz CT molecular complexity index is 398. The van der Waals surface area contributed by atoms with Gasteiger partial charge in [0, 0.05) is 13.1 Å². The third-order valence-corrected chi connectivity index (χ3v) is 2.87. The van der Waals surface area contributed by atoms with Crippen LogP contribution in [0.25, 0.3) is 0 Å². The van der Waals surface area contributed by atoms with E-state index >= 15 is 0 Å². The van der Waals surface area contributed by atoms with Gasteiger partial charge in [-0.2, -0.15) is 0 Å². The van der Waals surface area contributed by atoms with E-state index < -0.39 is 36.0 Å². The van der Waals surface area contributed by atoms with Gasteiger partial charge >= 0.3 is 12.0 Å². The number of hydrogen-bond acceptors (Lipinski definition) is 5. The van der Waals surface area contributed by atoms with Crippen molar-refractivity contribution in [3.8, 4) is 0 Å². The first kappa shape index (κ1) is 16.2. The first-order valence-electron chi connectivity index (χ1n) is 6.08. The standard InChI is InChI=1S/C11H19N3O6/c1-11(19,4-8(15)16)6-13-10(18)14-2-3-20-5-7(14)9(12)17/h7,19H,2-6H2,1H3,(H2,12,17)(H,13,18)(H,15,16). The molecule has 1 heterocycles. The number of urea groups is 1. The summed E-state index contributed by atoms with van der Waals surface area (Å²) in [5.74, 6) is -1.86. The second-order valence-corrected chi connectivity index (χ2v) is 4.91. The van der Waals surface area contributed by atoms with Gasteiger partial charge in [-0.3, -0.25) is 9.59 Å². The number of morpholine rings is 1. The molecule has 1 saturated heterocycles. The molecule has 1 aliphatic heterocycles. The Balaban J connectivity index is 2.56. The van der Waals surface area contributed by atoms with Gasteiger partial charge in [-0.1, -0.05) is 0 Å². The highest BCUT2D eigenvalue weighted by Crippen LogP contribution is 2.10. The SMILES string of the molecule is CC(O)(CNC(=O)N1CCOCC1C(N)=O)CC(=O)O. The van der Waals surface area contributed by atoms with E-state index in [9.17, 15) is 19.5 Å². The van der Waals surface area contributed by atoms with Crippen LogP contribution in [0.15, 0.2) is 0 Å². The molecule has 0 spiro atoms. The molecule has 0 aromatic heterocycles. The number of amides is 3. The van der Waals surface area contributed by atoms with Gasteiger partial charge in [0.2, 0.25) is 5.91 Å². The summed E-state index contributed by atoms with van der Waals surface area (Å²) in [5, 5.41) is 20.8. The molecule has 1 aliphatic rings. The van der Waals surface area contributed by atoms with E-state index in [0.717, 1.165) is 0 Å². The summed E-state index contributed by atoms with van der Waals surface area (Å²) in [6.07, 6.45) is -0.504. The predicted octanol–water partition coefficient (Wildman–Crippen LogP) is -1.89. The first-order valence-corrected chi connectivity index (χ1v) is 6.08. The normalized spacial score (nSPS) is 21.9. The Kier molecular flexibility index (Phi) is 5.28. The van der Waals surface area contributed by atoms with Crippen LogP contribution in [0.4, 0.5) is 4.79 Å². The van der Waals surface area contributed by atoms with Crippen LogP contribution >= 0.6 is 0 Å². The number of nitrogens with two attached hydrogens (primary N) is 1. The number of nitrogens with zero attached hydrogens (tertiary/aromatic N) is 1. The zero-order valence-electron chi connectivity index (χ0n) is 11.2. The number of aliphatic hydroxyl groups is 1. The van der Waals surface area contributed by atoms with Crippen molar-refractivity contribution < 1.29 is 29.3 Å². The number of aliphatic carboxylic acids is 1. The largest absolute Gasteiger partial charge is 0.481 e. The molecule has 0 bridgehead atoms. The smallest absolute Gasteiger partial charge is 0.318 e. The van der Waals surface area contributed by atoms with Gasteiger partial charge in [0.1, 0.15) is 6.04 Å². The number of ether oxygens (including phenoxy) is 1. The summed E-state index contributed by atoms with van der Waals surface area (Å²) in [5.41, 5.74) is 3.60. The van der Waals surface area contributed by atoms with Gasteiger partial charge in [-0.15, -0.1) is 0 Å². The summed E-state index contributed by atoms with van der Waals surface area (Å²) in [6, 6.07) is -1.46. The van der Waals surface area contributed by atoms with E-state index in [2.05, 4.69) is 5.32 Å². The van der Waals surface area contributed by atoms with Gasteiger partial charge in [0.15, 0.2) is 0 Å². The molecule has 1 fully saturated rings. The Morgan fingerprint density at radius 1 is 1.50 bits per heavy atom. The molecule has 0 aliphatic carbocycles. The number of carbonyl (C=O) groups excluding carboxylic acids is 2. The van der Waals surface area contributed by atoms with E-state index in [4.69, 9.17) is 15.6 Å². The van der Waals surface area contributed by atoms with Gasteiger partial charge in [0.05, 0.1) is 25.2 Å². The summed E-state index contributed by atoms with van der Waals surface area (Å²) < 4.78 is 5.07. The highest BCUT2D eigenvalue weighted by Gasteiger charge is 2.33. The Morgan fingerprint density at radius 2 is 2.15 bits per heavy atom. The van der Waals surface area contributed by atoms with Crippen LogP contribution < -0.4 is 11.1 Å². The van der Waals surface area contributed by atoms with Crippen molar-refractivity contribution in [2.75, 3.05) is 26.3 Å². The molecular weight excluding hydrogens is 270 g/mol. The van der Waals surface area contributed by atoms with Crippen LogP contribution in [0.5, 0.6) is 0 Å². The number of carboxylic acid groups (broad SMARTS) is 1. The van der Waals surface area contributed by atoms with Crippen LogP contribution in [-0.4, -0.2) is 71.0 Å². The summed E-state index contributed by atoms with van der Waals surface area (Å²) in [4.78, 5) is 34.9.